The lowest BCUT2D eigenvalue weighted by Crippen LogP contribution is -2.53. The highest BCUT2D eigenvalue weighted by Crippen LogP contribution is 2.41. The first-order valence-electron chi connectivity index (χ1n) is 13.2. The normalized spacial score (nSPS) is 23.5. The van der Waals surface area contributed by atoms with Crippen molar-refractivity contribution in [2.24, 2.45) is 23.2 Å². The summed E-state index contributed by atoms with van der Waals surface area (Å²) in [4.78, 5) is 26.1. The Morgan fingerprint density at radius 2 is 1.64 bits per heavy atom. The van der Waals surface area contributed by atoms with Crippen LogP contribution in [0.15, 0.2) is 29.2 Å². The molecular formula is C27H40F3N3O5S. The number of amides is 2. The van der Waals surface area contributed by atoms with Crippen molar-refractivity contribution in [2.45, 2.75) is 83.5 Å². The van der Waals surface area contributed by atoms with Gasteiger partial charge < -0.3 is 10.4 Å². The highest BCUT2D eigenvalue weighted by molar-refractivity contribution is 7.89. The van der Waals surface area contributed by atoms with Crippen molar-refractivity contribution < 1.29 is 36.3 Å². The zero-order valence-corrected chi connectivity index (χ0v) is 24.2. The molecule has 2 N–H and O–H groups in total. The number of hydrogen-bond acceptors (Lipinski definition) is 5. The summed E-state index contributed by atoms with van der Waals surface area (Å²) in [5.41, 5.74) is -2.05. The van der Waals surface area contributed by atoms with E-state index in [1.807, 2.05) is 20.8 Å². The van der Waals surface area contributed by atoms with Crippen LogP contribution in [0.5, 0.6) is 0 Å². The number of nitrogens with zero attached hydrogens (tertiary/aromatic N) is 2. The number of benzene rings is 1. The maximum absolute atomic E-state index is 13.4. The summed E-state index contributed by atoms with van der Waals surface area (Å²) in [7, 11) is -3.96. The van der Waals surface area contributed by atoms with Gasteiger partial charge in [0.15, 0.2) is 0 Å². The van der Waals surface area contributed by atoms with Crippen molar-refractivity contribution in [3.8, 4) is 0 Å². The van der Waals surface area contributed by atoms with Crippen molar-refractivity contribution in [3.05, 3.63) is 29.8 Å². The zero-order valence-electron chi connectivity index (χ0n) is 23.4. The number of fused-ring (bicyclic) bond motifs is 1. The number of halogens is 3. The summed E-state index contributed by atoms with van der Waals surface area (Å²) in [5, 5.41) is 13.2. The molecule has 2 aliphatic rings. The summed E-state index contributed by atoms with van der Waals surface area (Å²) in [6.07, 6.45) is -3.81. The van der Waals surface area contributed by atoms with Gasteiger partial charge in [-0.1, -0.05) is 20.8 Å². The molecule has 1 aliphatic heterocycles. The minimum atomic E-state index is -4.55. The van der Waals surface area contributed by atoms with Crippen molar-refractivity contribution in [1.82, 2.24) is 14.5 Å². The second kappa shape index (κ2) is 11.0. The molecule has 1 saturated carbocycles. The topological polar surface area (TPSA) is 107 Å². The number of nitrogens with one attached hydrogen (secondary N) is 1. The van der Waals surface area contributed by atoms with E-state index < -0.39 is 45.2 Å². The number of carbonyl (C=O) groups is 2. The van der Waals surface area contributed by atoms with E-state index in [2.05, 4.69) is 5.32 Å². The number of imide groups is 1. The Morgan fingerprint density at radius 3 is 2.13 bits per heavy atom. The fourth-order valence-electron chi connectivity index (χ4n) is 5.81. The number of rotatable bonds is 7. The number of hydrogen-bond donors (Lipinski definition) is 2. The lowest BCUT2D eigenvalue weighted by atomic mass is 9.83. The standard InChI is InChI=1S/C27H40F3N3O5S/c1-25(2,3)13-18(23(34)33(24(35)36)26(4,5)6)14-31-22-12-7-17-15-32(16-21(17)22)39(37,38)20-10-8-19(9-11-20)27(28,29)30/h8-11,17-18,21-22,31H,7,12-16H2,1-6H3,(H,35,36)/t17-,18-,21+,22+/m0/s1. The summed E-state index contributed by atoms with van der Waals surface area (Å²) in [6.45, 7) is 11.8. The molecule has 220 valence electrons. The molecule has 1 aromatic carbocycles. The summed E-state index contributed by atoms with van der Waals surface area (Å²) >= 11 is 0. The molecule has 4 atom stereocenters. The molecule has 1 saturated heterocycles. The van der Waals surface area contributed by atoms with E-state index in [1.165, 1.54) is 4.31 Å². The Kier molecular flexibility index (Phi) is 8.85. The lowest BCUT2D eigenvalue weighted by molar-refractivity contribution is -0.139. The first-order valence-corrected chi connectivity index (χ1v) is 14.6. The molecule has 0 unspecified atom stereocenters. The molecule has 1 aromatic rings. The predicted molar refractivity (Wildman–Crippen MR) is 140 cm³/mol. The molecule has 1 heterocycles. The average molecular weight is 576 g/mol. The van der Waals surface area contributed by atoms with Gasteiger partial charge in [-0.25, -0.2) is 18.1 Å². The third-order valence-electron chi connectivity index (χ3n) is 7.56. The maximum Gasteiger partial charge on any atom is 0.416 e. The second-order valence-corrected chi connectivity index (χ2v) is 14.9. The number of carboxylic acid groups (broad SMARTS) is 1. The molecule has 2 fully saturated rings. The number of sulfonamides is 1. The van der Waals surface area contributed by atoms with Crippen molar-refractivity contribution in [2.75, 3.05) is 19.6 Å². The van der Waals surface area contributed by atoms with E-state index in [-0.39, 0.29) is 47.8 Å². The smallest absolute Gasteiger partial charge is 0.416 e. The van der Waals surface area contributed by atoms with Crippen LogP contribution < -0.4 is 5.32 Å². The van der Waals surface area contributed by atoms with Gasteiger partial charge in [-0.2, -0.15) is 17.5 Å². The van der Waals surface area contributed by atoms with Gasteiger partial charge in [-0.05, 0) is 81.5 Å². The van der Waals surface area contributed by atoms with E-state index in [1.54, 1.807) is 20.8 Å². The molecule has 2 amide bonds. The summed E-state index contributed by atoms with van der Waals surface area (Å²) < 4.78 is 66.5. The summed E-state index contributed by atoms with van der Waals surface area (Å²) in [5.74, 6) is -0.982. The molecule has 3 rings (SSSR count). The van der Waals surface area contributed by atoms with Gasteiger partial charge in [-0.3, -0.25) is 4.79 Å². The van der Waals surface area contributed by atoms with Gasteiger partial charge in [0.05, 0.1) is 16.4 Å². The minimum Gasteiger partial charge on any atom is -0.465 e. The largest absolute Gasteiger partial charge is 0.465 e. The van der Waals surface area contributed by atoms with Crippen LogP contribution in [0.25, 0.3) is 0 Å². The first kappa shape index (κ1) is 31.3. The first-order chi connectivity index (χ1) is 17.7. The van der Waals surface area contributed by atoms with Crippen LogP contribution in [-0.4, -0.2) is 65.9 Å². The Morgan fingerprint density at radius 1 is 1.05 bits per heavy atom. The van der Waals surface area contributed by atoms with Crippen LogP contribution in [0.3, 0.4) is 0 Å². The minimum absolute atomic E-state index is 0.0159. The lowest BCUT2D eigenvalue weighted by Gasteiger charge is -2.36. The molecule has 12 heteroatoms. The van der Waals surface area contributed by atoms with E-state index >= 15 is 0 Å². The number of alkyl halides is 3. The molecule has 0 radical (unpaired) electrons. The van der Waals surface area contributed by atoms with Gasteiger partial charge in [0.2, 0.25) is 15.9 Å². The molecule has 0 aromatic heterocycles. The van der Waals surface area contributed by atoms with Crippen molar-refractivity contribution in [3.63, 3.8) is 0 Å². The molecule has 1 aliphatic carbocycles. The molecular weight excluding hydrogens is 535 g/mol. The fraction of sp³-hybridized carbons (Fsp3) is 0.704. The van der Waals surface area contributed by atoms with Crippen molar-refractivity contribution >= 4 is 22.0 Å². The highest BCUT2D eigenvalue weighted by Gasteiger charge is 2.47. The van der Waals surface area contributed by atoms with E-state index in [0.29, 0.717) is 6.42 Å². The van der Waals surface area contributed by atoms with E-state index in [0.717, 1.165) is 42.0 Å². The van der Waals surface area contributed by atoms with Crippen LogP contribution in [0.1, 0.15) is 66.4 Å². The van der Waals surface area contributed by atoms with E-state index in [4.69, 9.17) is 0 Å². The van der Waals surface area contributed by atoms with Crippen LogP contribution in [0.2, 0.25) is 0 Å². The third-order valence-corrected chi connectivity index (χ3v) is 9.41. The Balaban J connectivity index is 1.72. The fourth-order valence-corrected chi connectivity index (χ4v) is 7.35. The van der Waals surface area contributed by atoms with Crippen LogP contribution in [0.4, 0.5) is 18.0 Å². The SMILES string of the molecule is CC(C)(C)C[C@@H](CN[C@@H]1CC[C@H]2CN(S(=O)(=O)c3ccc(C(F)(F)F)cc3)C[C@H]21)C(=O)N(C(=O)O)C(C)(C)C. The number of carbonyl (C=O) groups excluding carboxylic acids is 1. The predicted octanol–water partition coefficient (Wildman–Crippen LogP) is 5.05. The van der Waals surface area contributed by atoms with Gasteiger partial charge in [0.25, 0.3) is 0 Å². The quantitative estimate of drug-likeness (QED) is 0.471. The van der Waals surface area contributed by atoms with E-state index in [9.17, 15) is 36.3 Å². The Labute approximate surface area is 229 Å². The van der Waals surface area contributed by atoms with Gasteiger partial charge >= 0.3 is 12.3 Å². The Hall–Kier alpha value is -2.18. The van der Waals surface area contributed by atoms with Gasteiger partial charge in [0, 0.05) is 31.2 Å². The second-order valence-electron chi connectivity index (χ2n) is 12.9. The Bertz CT molecular complexity index is 1160. The van der Waals surface area contributed by atoms with Crippen LogP contribution in [-0.2, 0) is 21.0 Å². The highest BCUT2D eigenvalue weighted by atomic mass is 32.2. The van der Waals surface area contributed by atoms with Gasteiger partial charge in [-0.15, -0.1) is 0 Å². The average Bonchev–Trinajstić information content (AvgIpc) is 3.36. The molecule has 39 heavy (non-hydrogen) atoms. The molecule has 8 nitrogen and oxygen atoms in total. The molecule has 0 spiro atoms. The van der Waals surface area contributed by atoms with Crippen molar-refractivity contribution in [1.29, 1.82) is 0 Å². The third kappa shape index (κ3) is 7.32. The van der Waals surface area contributed by atoms with Crippen LogP contribution in [0, 0.1) is 23.2 Å². The maximum atomic E-state index is 13.4. The van der Waals surface area contributed by atoms with Gasteiger partial charge in [0.1, 0.15) is 0 Å². The monoisotopic (exact) mass is 575 g/mol. The summed E-state index contributed by atoms with van der Waals surface area (Å²) in [6, 6.07) is 3.48. The molecule has 0 bridgehead atoms. The van der Waals surface area contributed by atoms with Crippen LogP contribution >= 0.6 is 0 Å². The zero-order chi connectivity index (χ0) is 29.6.